The standard InChI is InChI=1S/C25H34N6O/c1-16-6-5-7-18(14-16)23-21(15-26-30-23)25(32)29-19-10-12-31(13-11-19)24-20-8-3-4-9-22(20)27-17(2)28-24/h5-7,14,19,21,23,26,30H,3-4,8-13,15H2,1-2H3,(H,29,32). The molecule has 0 bridgehead atoms. The zero-order chi connectivity index (χ0) is 22.1. The summed E-state index contributed by atoms with van der Waals surface area (Å²) in [6.45, 7) is 6.59. The van der Waals surface area contributed by atoms with Crippen LogP contribution in [0, 0.1) is 19.8 Å². The first kappa shape index (κ1) is 21.3. The number of anilines is 1. The van der Waals surface area contributed by atoms with E-state index in [1.54, 1.807) is 0 Å². The summed E-state index contributed by atoms with van der Waals surface area (Å²) < 4.78 is 0. The van der Waals surface area contributed by atoms with Gasteiger partial charge in [-0.05, 0) is 57.9 Å². The minimum absolute atomic E-state index is 0.00510. The molecular formula is C25H34N6O. The fraction of sp³-hybridized carbons (Fsp3) is 0.560. The third-order valence-corrected chi connectivity index (χ3v) is 7.13. The van der Waals surface area contributed by atoms with Crippen LogP contribution in [0.25, 0.3) is 0 Å². The van der Waals surface area contributed by atoms with Crippen molar-refractivity contribution in [2.45, 2.75) is 64.5 Å². The van der Waals surface area contributed by atoms with Crippen molar-refractivity contribution in [3.8, 4) is 0 Å². The number of benzene rings is 1. The molecule has 3 aliphatic rings. The number of aryl methyl sites for hydroxylation is 3. The number of hydrazine groups is 1. The summed E-state index contributed by atoms with van der Waals surface area (Å²) in [7, 11) is 0. The van der Waals surface area contributed by atoms with E-state index < -0.39 is 0 Å². The number of rotatable bonds is 4. The SMILES string of the molecule is Cc1cccc(C2NNCC2C(=O)NC2CCN(c3nc(C)nc4c3CCCC4)CC2)c1. The van der Waals surface area contributed by atoms with Crippen LogP contribution < -0.4 is 21.1 Å². The van der Waals surface area contributed by atoms with E-state index in [1.165, 1.54) is 29.7 Å². The summed E-state index contributed by atoms with van der Waals surface area (Å²) in [6.07, 6.45) is 6.52. The largest absolute Gasteiger partial charge is 0.356 e. The van der Waals surface area contributed by atoms with E-state index in [0.29, 0.717) is 6.54 Å². The fourth-order valence-corrected chi connectivity index (χ4v) is 5.42. The summed E-state index contributed by atoms with van der Waals surface area (Å²) in [5.74, 6) is 2.05. The number of hydrogen-bond acceptors (Lipinski definition) is 6. The van der Waals surface area contributed by atoms with Crippen molar-refractivity contribution in [1.29, 1.82) is 0 Å². The van der Waals surface area contributed by atoms with Gasteiger partial charge in [0.2, 0.25) is 5.91 Å². The highest BCUT2D eigenvalue weighted by molar-refractivity contribution is 5.80. The number of nitrogens with zero attached hydrogens (tertiary/aromatic N) is 3. The summed E-state index contributed by atoms with van der Waals surface area (Å²) >= 11 is 0. The van der Waals surface area contributed by atoms with Crippen LogP contribution in [0.3, 0.4) is 0 Å². The van der Waals surface area contributed by atoms with Crippen molar-refractivity contribution in [1.82, 2.24) is 26.1 Å². The van der Waals surface area contributed by atoms with Crippen molar-refractivity contribution in [2.75, 3.05) is 24.5 Å². The molecule has 7 heteroatoms. The lowest BCUT2D eigenvalue weighted by atomic mass is 9.92. The van der Waals surface area contributed by atoms with Crippen molar-refractivity contribution < 1.29 is 4.79 Å². The van der Waals surface area contributed by atoms with Gasteiger partial charge in [-0.1, -0.05) is 29.8 Å². The van der Waals surface area contributed by atoms with Gasteiger partial charge in [0.15, 0.2) is 0 Å². The number of amides is 1. The van der Waals surface area contributed by atoms with Crippen LogP contribution >= 0.6 is 0 Å². The monoisotopic (exact) mass is 434 g/mol. The lowest BCUT2D eigenvalue weighted by Crippen LogP contribution is -2.47. The lowest BCUT2D eigenvalue weighted by Gasteiger charge is -2.35. The van der Waals surface area contributed by atoms with Gasteiger partial charge in [-0.15, -0.1) is 0 Å². The number of carbonyl (C=O) groups is 1. The maximum atomic E-state index is 13.1. The minimum Gasteiger partial charge on any atom is -0.356 e. The van der Waals surface area contributed by atoms with E-state index in [-0.39, 0.29) is 23.9 Å². The van der Waals surface area contributed by atoms with E-state index in [2.05, 4.69) is 52.3 Å². The van der Waals surface area contributed by atoms with Crippen LogP contribution in [0.2, 0.25) is 0 Å². The first-order valence-corrected chi connectivity index (χ1v) is 12.0. The van der Waals surface area contributed by atoms with Crippen LogP contribution in [0.5, 0.6) is 0 Å². The van der Waals surface area contributed by atoms with E-state index in [1.807, 2.05) is 6.92 Å². The Morgan fingerprint density at radius 2 is 1.94 bits per heavy atom. The summed E-state index contributed by atoms with van der Waals surface area (Å²) in [5, 5.41) is 3.34. The topological polar surface area (TPSA) is 82.2 Å². The molecule has 2 aliphatic heterocycles. The Balaban J connectivity index is 1.21. The normalized spacial score (nSPS) is 23.8. The molecule has 5 rings (SSSR count). The molecule has 0 saturated carbocycles. The number of hydrogen-bond donors (Lipinski definition) is 3. The van der Waals surface area contributed by atoms with Gasteiger partial charge in [0, 0.05) is 36.9 Å². The van der Waals surface area contributed by atoms with Gasteiger partial charge < -0.3 is 10.2 Å². The Bertz CT molecular complexity index is 984. The van der Waals surface area contributed by atoms with Crippen LogP contribution in [0.4, 0.5) is 5.82 Å². The van der Waals surface area contributed by atoms with Gasteiger partial charge in [-0.3, -0.25) is 10.2 Å². The smallest absolute Gasteiger partial charge is 0.226 e. The number of fused-ring (bicyclic) bond motifs is 1. The van der Waals surface area contributed by atoms with E-state index in [4.69, 9.17) is 9.97 Å². The second kappa shape index (κ2) is 9.16. The number of aromatic nitrogens is 2. The summed E-state index contributed by atoms with van der Waals surface area (Å²) in [6, 6.07) is 8.63. The molecule has 2 saturated heterocycles. The second-order valence-corrected chi connectivity index (χ2v) is 9.52. The molecule has 0 radical (unpaired) electrons. The molecule has 3 heterocycles. The van der Waals surface area contributed by atoms with Gasteiger partial charge in [-0.2, -0.15) is 0 Å². The summed E-state index contributed by atoms with van der Waals surface area (Å²) in [4.78, 5) is 25.1. The van der Waals surface area contributed by atoms with Crippen molar-refractivity contribution in [2.24, 2.45) is 5.92 Å². The zero-order valence-corrected chi connectivity index (χ0v) is 19.2. The Kier molecular flexibility index (Phi) is 6.11. The van der Waals surface area contributed by atoms with E-state index >= 15 is 0 Å². The first-order valence-electron chi connectivity index (χ1n) is 12.0. The van der Waals surface area contributed by atoms with Crippen molar-refractivity contribution >= 4 is 11.7 Å². The Morgan fingerprint density at radius 1 is 1.12 bits per heavy atom. The molecule has 1 amide bonds. The molecule has 2 aromatic rings. The minimum atomic E-state index is -0.105. The highest BCUT2D eigenvalue weighted by atomic mass is 16.2. The van der Waals surface area contributed by atoms with Crippen LogP contribution in [-0.4, -0.2) is 41.6 Å². The molecular weight excluding hydrogens is 400 g/mol. The second-order valence-electron chi connectivity index (χ2n) is 9.52. The number of piperidine rings is 1. The van der Waals surface area contributed by atoms with Gasteiger partial charge >= 0.3 is 0 Å². The number of nitrogens with one attached hydrogen (secondary N) is 3. The molecule has 0 spiro atoms. The Labute approximate surface area is 190 Å². The van der Waals surface area contributed by atoms with Crippen molar-refractivity contribution in [3.63, 3.8) is 0 Å². The van der Waals surface area contributed by atoms with Gasteiger partial charge in [0.05, 0.1) is 12.0 Å². The van der Waals surface area contributed by atoms with Gasteiger partial charge in [0.25, 0.3) is 0 Å². The van der Waals surface area contributed by atoms with Crippen molar-refractivity contribution in [3.05, 3.63) is 52.5 Å². The molecule has 1 aromatic carbocycles. The Morgan fingerprint density at radius 3 is 2.75 bits per heavy atom. The summed E-state index contributed by atoms with van der Waals surface area (Å²) in [5.41, 5.74) is 11.5. The van der Waals surface area contributed by atoms with Crippen LogP contribution in [0.1, 0.15) is 59.9 Å². The molecule has 2 atom stereocenters. The van der Waals surface area contributed by atoms with Crippen LogP contribution in [-0.2, 0) is 17.6 Å². The molecule has 7 nitrogen and oxygen atoms in total. The predicted octanol–water partition coefficient (Wildman–Crippen LogP) is 2.52. The molecule has 32 heavy (non-hydrogen) atoms. The maximum absolute atomic E-state index is 13.1. The molecule has 170 valence electrons. The highest BCUT2D eigenvalue weighted by Gasteiger charge is 2.35. The average molecular weight is 435 g/mol. The quantitative estimate of drug-likeness (QED) is 0.686. The third kappa shape index (κ3) is 4.36. The first-order chi connectivity index (χ1) is 15.6. The highest BCUT2D eigenvalue weighted by Crippen LogP contribution is 2.30. The molecule has 3 N–H and O–H groups in total. The Hall–Kier alpha value is -2.51. The lowest BCUT2D eigenvalue weighted by molar-refractivity contribution is -0.125. The van der Waals surface area contributed by atoms with Gasteiger partial charge in [0.1, 0.15) is 11.6 Å². The third-order valence-electron chi connectivity index (χ3n) is 7.13. The molecule has 2 fully saturated rings. The van der Waals surface area contributed by atoms with Gasteiger partial charge in [-0.25, -0.2) is 15.4 Å². The zero-order valence-electron chi connectivity index (χ0n) is 19.2. The molecule has 1 aromatic heterocycles. The van der Waals surface area contributed by atoms with E-state index in [0.717, 1.165) is 56.0 Å². The average Bonchev–Trinajstić information content (AvgIpc) is 3.29. The number of carbonyl (C=O) groups excluding carboxylic acids is 1. The molecule has 2 unspecified atom stereocenters. The fourth-order valence-electron chi connectivity index (χ4n) is 5.42. The molecule has 1 aliphatic carbocycles. The van der Waals surface area contributed by atoms with Crippen LogP contribution in [0.15, 0.2) is 24.3 Å². The van der Waals surface area contributed by atoms with E-state index in [9.17, 15) is 4.79 Å². The maximum Gasteiger partial charge on any atom is 0.226 e. The predicted molar refractivity (Wildman–Crippen MR) is 125 cm³/mol.